The van der Waals surface area contributed by atoms with Gasteiger partial charge in [0.1, 0.15) is 0 Å². The van der Waals surface area contributed by atoms with Gasteiger partial charge < -0.3 is 9.47 Å². The van der Waals surface area contributed by atoms with Crippen LogP contribution in [-0.4, -0.2) is 51.4 Å². The van der Waals surface area contributed by atoms with Gasteiger partial charge in [0, 0.05) is 51.9 Å². The molecule has 0 aromatic carbocycles. The van der Waals surface area contributed by atoms with E-state index in [0.29, 0.717) is 51.4 Å². The van der Waals surface area contributed by atoms with E-state index < -0.39 is 12.0 Å². The largest absolute Gasteiger partial charge is 0.449 e. The number of imidazole rings is 1. The summed E-state index contributed by atoms with van der Waals surface area (Å²) >= 11 is 0. The molecule has 3 heterocycles. The minimum absolute atomic E-state index is 0.0448. The first-order chi connectivity index (χ1) is 10.9. The van der Waals surface area contributed by atoms with Gasteiger partial charge in [-0.3, -0.25) is 9.69 Å². The SMILES string of the molecule is CC(=O)N1CCN(Cc2nc(C(F)(F)F)n3c2CCCC3)CC1. The molecule has 3 rings (SSSR count). The molecule has 0 spiro atoms. The summed E-state index contributed by atoms with van der Waals surface area (Å²) in [4.78, 5) is 19.1. The van der Waals surface area contributed by atoms with Gasteiger partial charge in [-0.2, -0.15) is 13.2 Å². The molecule has 1 aromatic rings. The monoisotopic (exact) mass is 330 g/mol. The number of carbonyl (C=O) groups is 1. The Kier molecular flexibility index (Phi) is 4.35. The number of hydrogen-bond donors (Lipinski definition) is 0. The number of aromatic nitrogens is 2. The molecule has 128 valence electrons. The summed E-state index contributed by atoms with van der Waals surface area (Å²) in [6.45, 7) is 4.96. The summed E-state index contributed by atoms with van der Waals surface area (Å²) in [7, 11) is 0. The molecular formula is C15H21F3N4O. The molecule has 2 aliphatic rings. The van der Waals surface area contributed by atoms with Crippen molar-refractivity contribution in [3.05, 3.63) is 17.2 Å². The van der Waals surface area contributed by atoms with Gasteiger partial charge in [-0.25, -0.2) is 4.98 Å². The Labute approximate surface area is 133 Å². The zero-order valence-corrected chi connectivity index (χ0v) is 13.2. The van der Waals surface area contributed by atoms with Crippen LogP contribution in [0, 0.1) is 0 Å². The molecule has 1 amide bonds. The number of alkyl halides is 3. The Morgan fingerprint density at radius 2 is 1.83 bits per heavy atom. The normalized spacial score (nSPS) is 19.7. The Bertz CT molecular complexity index is 588. The minimum Gasteiger partial charge on any atom is -0.340 e. The topological polar surface area (TPSA) is 41.4 Å². The maximum atomic E-state index is 13.2. The van der Waals surface area contributed by atoms with Crippen LogP contribution in [0.4, 0.5) is 13.2 Å². The first kappa shape index (κ1) is 16.3. The van der Waals surface area contributed by atoms with E-state index in [2.05, 4.69) is 9.88 Å². The average Bonchev–Trinajstić information content (AvgIpc) is 2.87. The van der Waals surface area contributed by atoms with Crippen molar-refractivity contribution in [2.24, 2.45) is 0 Å². The maximum absolute atomic E-state index is 13.2. The number of fused-ring (bicyclic) bond motifs is 1. The van der Waals surface area contributed by atoms with E-state index in [-0.39, 0.29) is 5.91 Å². The van der Waals surface area contributed by atoms with Gasteiger partial charge in [0.05, 0.1) is 5.69 Å². The fourth-order valence-corrected chi connectivity index (χ4v) is 3.39. The molecule has 0 radical (unpaired) electrons. The first-order valence-electron chi connectivity index (χ1n) is 7.99. The highest BCUT2D eigenvalue weighted by Gasteiger charge is 2.39. The molecule has 1 aromatic heterocycles. The highest BCUT2D eigenvalue weighted by molar-refractivity contribution is 5.73. The van der Waals surface area contributed by atoms with Gasteiger partial charge >= 0.3 is 6.18 Å². The summed E-state index contributed by atoms with van der Waals surface area (Å²) in [6.07, 6.45) is -2.07. The lowest BCUT2D eigenvalue weighted by Gasteiger charge is -2.34. The van der Waals surface area contributed by atoms with Gasteiger partial charge in [0.15, 0.2) is 0 Å². The number of amides is 1. The first-order valence-corrected chi connectivity index (χ1v) is 7.99. The number of hydrogen-bond acceptors (Lipinski definition) is 3. The minimum atomic E-state index is -4.41. The van der Waals surface area contributed by atoms with E-state index in [9.17, 15) is 18.0 Å². The van der Waals surface area contributed by atoms with E-state index >= 15 is 0 Å². The number of rotatable bonds is 2. The predicted molar refractivity (Wildman–Crippen MR) is 77.7 cm³/mol. The molecule has 8 heteroatoms. The lowest BCUT2D eigenvalue weighted by molar-refractivity contribution is -0.147. The third-order valence-electron chi connectivity index (χ3n) is 4.65. The van der Waals surface area contributed by atoms with E-state index in [0.717, 1.165) is 18.5 Å². The quantitative estimate of drug-likeness (QED) is 0.832. The Balaban J connectivity index is 1.76. The summed E-state index contributed by atoms with van der Waals surface area (Å²) < 4.78 is 40.9. The van der Waals surface area contributed by atoms with E-state index in [1.54, 1.807) is 4.90 Å². The smallest absolute Gasteiger partial charge is 0.340 e. The highest BCUT2D eigenvalue weighted by atomic mass is 19.4. The Morgan fingerprint density at radius 3 is 2.43 bits per heavy atom. The zero-order chi connectivity index (χ0) is 16.6. The summed E-state index contributed by atoms with van der Waals surface area (Å²) in [5.74, 6) is -0.715. The van der Waals surface area contributed by atoms with E-state index in [4.69, 9.17) is 0 Å². The summed E-state index contributed by atoms with van der Waals surface area (Å²) in [5.41, 5.74) is 1.28. The molecule has 0 atom stereocenters. The van der Waals surface area contributed by atoms with Crippen LogP contribution in [0.25, 0.3) is 0 Å². The second kappa shape index (κ2) is 6.14. The Hall–Kier alpha value is -1.57. The zero-order valence-electron chi connectivity index (χ0n) is 13.2. The van der Waals surface area contributed by atoms with E-state index in [1.807, 2.05) is 0 Å². The maximum Gasteiger partial charge on any atom is 0.449 e. The van der Waals surface area contributed by atoms with Gasteiger partial charge in [-0.1, -0.05) is 0 Å². The molecule has 5 nitrogen and oxygen atoms in total. The van der Waals surface area contributed by atoms with Crippen molar-refractivity contribution in [3.8, 4) is 0 Å². The molecule has 0 N–H and O–H groups in total. The molecule has 2 aliphatic heterocycles. The van der Waals surface area contributed by atoms with Crippen molar-refractivity contribution in [2.75, 3.05) is 26.2 Å². The van der Waals surface area contributed by atoms with Gasteiger partial charge in [0.25, 0.3) is 0 Å². The standard InChI is InChI=1S/C15H21F3N4O/c1-11(23)21-8-6-20(7-9-21)10-12-13-4-2-3-5-22(13)14(19-12)15(16,17)18/h2-10H2,1H3. The van der Waals surface area contributed by atoms with Gasteiger partial charge in [0.2, 0.25) is 11.7 Å². The van der Waals surface area contributed by atoms with Crippen LogP contribution in [0.5, 0.6) is 0 Å². The fraction of sp³-hybridized carbons (Fsp3) is 0.733. The molecular weight excluding hydrogens is 309 g/mol. The molecule has 0 unspecified atom stereocenters. The Morgan fingerprint density at radius 1 is 1.13 bits per heavy atom. The van der Waals surface area contributed by atoms with Crippen molar-refractivity contribution >= 4 is 5.91 Å². The van der Waals surface area contributed by atoms with Crippen LogP contribution in [-0.2, 0) is 30.5 Å². The van der Waals surface area contributed by atoms with Crippen molar-refractivity contribution in [2.45, 2.75) is 45.5 Å². The molecule has 1 fully saturated rings. The summed E-state index contributed by atoms with van der Waals surface area (Å²) in [6, 6.07) is 0. The van der Waals surface area contributed by atoms with Crippen LogP contribution >= 0.6 is 0 Å². The van der Waals surface area contributed by atoms with Crippen molar-refractivity contribution in [1.29, 1.82) is 0 Å². The molecule has 0 bridgehead atoms. The number of carbonyl (C=O) groups excluding carboxylic acids is 1. The van der Waals surface area contributed by atoms with Crippen LogP contribution in [0.15, 0.2) is 0 Å². The third-order valence-corrected chi connectivity index (χ3v) is 4.65. The van der Waals surface area contributed by atoms with Gasteiger partial charge in [-0.15, -0.1) is 0 Å². The van der Waals surface area contributed by atoms with Crippen molar-refractivity contribution in [1.82, 2.24) is 19.4 Å². The fourth-order valence-electron chi connectivity index (χ4n) is 3.39. The molecule has 0 saturated carbocycles. The third kappa shape index (κ3) is 3.36. The number of piperazine rings is 1. The van der Waals surface area contributed by atoms with Crippen molar-refractivity contribution in [3.63, 3.8) is 0 Å². The van der Waals surface area contributed by atoms with Crippen LogP contribution in [0.3, 0.4) is 0 Å². The van der Waals surface area contributed by atoms with Crippen LogP contribution in [0.1, 0.15) is 37.0 Å². The lowest BCUT2D eigenvalue weighted by atomic mass is 10.1. The highest BCUT2D eigenvalue weighted by Crippen LogP contribution is 2.33. The average molecular weight is 330 g/mol. The summed E-state index contributed by atoms with van der Waals surface area (Å²) in [5, 5.41) is 0. The van der Waals surface area contributed by atoms with Crippen molar-refractivity contribution < 1.29 is 18.0 Å². The second-order valence-electron chi connectivity index (χ2n) is 6.22. The van der Waals surface area contributed by atoms with Crippen LogP contribution < -0.4 is 0 Å². The molecule has 0 aliphatic carbocycles. The second-order valence-corrected chi connectivity index (χ2v) is 6.22. The lowest BCUT2D eigenvalue weighted by Crippen LogP contribution is -2.47. The van der Waals surface area contributed by atoms with Gasteiger partial charge in [-0.05, 0) is 19.3 Å². The predicted octanol–water partition coefficient (Wildman–Crippen LogP) is 1.90. The number of nitrogens with zero attached hydrogens (tertiary/aromatic N) is 4. The molecule has 1 saturated heterocycles. The van der Waals surface area contributed by atoms with E-state index in [1.165, 1.54) is 11.5 Å². The van der Waals surface area contributed by atoms with Crippen LogP contribution in [0.2, 0.25) is 0 Å². The number of halogens is 3. The molecule has 23 heavy (non-hydrogen) atoms.